The van der Waals surface area contributed by atoms with E-state index in [2.05, 4.69) is 18.2 Å². The highest BCUT2D eigenvalue weighted by molar-refractivity contribution is 6.58. The predicted molar refractivity (Wildman–Crippen MR) is 164 cm³/mol. The number of amides is 2. The van der Waals surface area contributed by atoms with Gasteiger partial charge in [-0.25, -0.2) is 0 Å². The predicted octanol–water partition coefficient (Wildman–Crippen LogP) is 3.56. The van der Waals surface area contributed by atoms with Gasteiger partial charge in [0.2, 0.25) is 11.8 Å². The van der Waals surface area contributed by atoms with Crippen molar-refractivity contribution in [2.45, 2.75) is 25.4 Å². The Morgan fingerprint density at radius 3 is 2.49 bits per heavy atom. The molecule has 4 atom stereocenters. The Morgan fingerprint density at radius 1 is 1.00 bits per heavy atom. The van der Waals surface area contributed by atoms with E-state index >= 15 is 0 Å². The number of rotatable bonds is 9. The first-order valence-corrected chi connectivity index (χ1v) is 14.6. The third-order valence-electron chi connectivity index (χ3n) is 8.81. The number of hydrogen-bond donors (Lipinski definition) is 3. The summed E-state index contributed by atoms with van der Waals surface area (Å²) in [6, 6.07) is 23.5. The number of aromatic hydroxyl groups is 1. The molecule has 3 aliphatic rings. The molecule has 0 radical (unpaired) electrons. The van der Waals surface area contributed by atoms with Gasteiger partial charge in [-0.15, -0.1) is 0 Å². The van der Waals surface area contributed by atoms with Crippen LogP contribution in [0, 0.1) is 17.8 Å². The van der Waals surface area contributed by atoms with Gasteiger partial charge in [0, 0.05) is 13.0 Å². The average molecular weight is 579 g/mol. The van der Waals surface area contributed by atoms with E-state index in [0.29, 0.717) is 31.7 Å². The number of phenolic OH excluding ortho intramolecular Hbond substituents is 1. The van der Waals surface area contributed by atoms with Gasteiger partial charge in [-0.3, -0.25) is 14.5 Å². The Morgan fingerprint density at radius 2 is 1.77 bits per heavy atom. The molecule has 2 fully saturated rings. The fourth-order valence-electron chi connectivity index (χ4n) is 6.87. The average Bonchev–Trinajstić information content (AvgIpc) is 3.55. The van der Waals surface area contributed by atoms with Crippen LogP contribution >= 0.6 is 0 Å². The van der Waals surface area contributed by atoms with E-state index in [1.54, 1.807) is 31.4 Å². The molecule has 43 heavy (non-hydrogen) atoms. The number of carbonyl (C=O) groups excluding carboxylic acids is 2. The van der Waals surface area contributed by atoms with Crippen LogP contribution < -0.4 is 10.4 Å². The third kappa shape index (κ3) is 5.69. The SMILES string of the molecule is COCC1=C2[C@@H](CC/C(=C/c3ccc(O)cc3)c3ccccc3)OC[C@@H]2[C@@H]2C(=O)N(c3cccc(B(O)O)c3)C(=O)[C@@H]2C1. The maximum atomic E-state index is 13.9. The van der Waals surface area contributed by atoms with Crippen LogP contribution in [0.1, 0.15) is 30.4 Å². The van der Waals surface area contributed by atoms with E-state index in [-0.39, 0.29) is 35.0 Å². The first-order chi connectivity index (χ1) is 20.9. The van der Waals surface area contributed by atoms with Gasteiger partial charge in [0.25, 0.3) is 0 Å². The number of anilines is 1. The zero-order valence-electron chi connectivity index (χ0n) is 23.9. The zero-order chi connectivity index (χ0) is 30.1. The summed E-state index contributed by atoms with van der Waals surface area (Å²) in [7, 11) is -0.0723. The molecule has 6 rings (SSSR count). The molecule has 9 heteroatoms. The summed E-state index contributed by atoms with van der Waals surface area (Å²) in [5, 5.41) is 29.0. The second-order valence-corrected chi connectivity index (χ2v) is 11.4. The summed E-state index contributed by atoms with van der Waals surface area (Å²) >= 11 is 0. The summed E-state index contributed by atoms with van der Waals surface area (Å²) in [6.07, 6.45) is 3.74. The van der Waals surface area contributed by atoms with Gasteiger partial charge in [-0.05, 0) is 76.8 Å². The maximum Gasteiger partial charge on any atom is 0.488 e. The van der Waals surface area contributed by atoms with Gasteiger partial charge in [0.15, 0.2) is 0 Å². The number of carbonyl (C=O) groups is 2. The largest absolute Gasteiger partial charge is 0.508 e. The zero-order valence-corrected chi connectivity index (χ0v) is 23.9. The van der Waals surface area contributed by atoms with Crippen LogP contribution in [0.15, 0.2) is 90.0 Å². The topological polar surface area (TPSA) is 117 Å². The maximum absolute atomic E-state index is 13.9. The molecule has 3 aromatic carbocycles. The molecule has 3 N–H and O–H groups in total. The highest BCUT2D eigenvalue weighted by atomic mass is 16.5. The number of ether oxygens (including phenoxy) is 2. The Hall–Kier alpha value is -4.02. The molecule has 0 aromatic heterocycles. The molecule has 8 nitrogen and oxygen atoms in total. The van der Waals surface area contributed by atoms with Crippen molar-refractivity contribution in [2.75, 3.05) is 25.2 Å². The van der Waals surface area contributed by atoms with Crippen LogP contribution in [-0.2, 0) is 19.1 Å². The van der Waals surface area contributed by atoms with E-state index in [1.165, 1.54) is 17.0 Å². The second kappa shape index (κ2) is 12.3. The molecule has 0 unspecified atom stereocenters. The Bertz CT molecular complexity index is 1570. The fraction of sp³-hybridized carbons (Fsp3) is 0.294. The van der Waals surface area contributed by atoms with Gasteiger partial charge in [-0.1, -0.05) is 60.7 Å². The van der Waals surface area contributed by atoms with Crippen molar-refractivity contribution in [2.24, 2.45) is 17.8 Å². The van der Waals surface area contributed by atoms with E-state index in [9.17, 15) is 24.7 Å². The Balaban J connectivity index is 1.27. The number of benzene rings is 3. The Kier molecular flexibility index (Phi) is 8.32. The number of allylic oxidation sites excluding steroid dienone is 1. The Labute approximate surface area is 251 Å². The van der Waals surface area contributed by atoms with Gasteiger partial charge < -0.3 is 24.6 Å². The minimum absolute atomic E-state index is 0.214. The molecule has 2 heterocycles. The third-order valence-corrected chi connectivity index (χ3v) is 8.81. The van der Waals surface area contributed by atoms with Gasteiger partial charge in [-0.2, -0.15) is 0 Å². The van der Waals surface area contributed by atoms with E-state index < -0.39 is 19.0 Å². The number of fused-ring (bicyclic) bond motifs is 3. The molecule has 2 amide bonds. The molecule has 1 aliphatic carbocycles. The van der Waals surface area contributed by atoms with E-state index in [4.69, 9.17) is 9.47 Å². The number of methoxy groups -OCH3 is 1. The first kappa shape index (κ1) is 29.1. The van der Waals surface area contributed by atoms with Crippen LogP contribution in [0.5, 0.6) is 5.75 Å². The smallest absolute Gasteiger partial charge is 0.488 e. The molecular formula is C34H34BNO7. The van der Waals surface area contributed by atoms with Gasteiger partial charge in [0.05, 0.1) is 36.8 Å². The van der Waals surface area contributed by atoms with Crippen molar-refractivity contribution in [1.82, 2.24) is 0 Å². The molecule has 2 aliphatic heterocycles. The summed E-state index contributed by atoms with van der Waals surface area (Å²) in [4.78, 5) is 28.7. The fourth-order valence-corrected chi connectivity index (χ4v) is 6.87. The first-order valence-electron chi connectivity index (χ1n) is 14.6. The number of imide groups is 1. The van der Waals surface area contributed by atoms with Crippen molar-refractivity contribution < 1.29 is 34.2 Å². The van der Waals surface area contributed by atoms with Crippen molar-refractivity contribution in [3.63, 3.8) is 0 Å². The van der Waals surface area contributed by atoms with Crippen molar-refractivity contribution in [1.29, 1.82) is 0 Å². The lowest BCUT2D eigenvalue weighted by atomic mass is 9.69. The highest BCUT2D eigenvalue weighted by Crippen LogP contribution is 2.50. The molecule has 0 bridgehead atoms. The van der Waals surface area contributed by atoms with Crippen LogP contribution in [-0.4, -0.2) is 60.5 Å². The number of hydrogen-bond acceptors (Lipinski definition) is 7. The number of phenols is 1. The molecule has 220 valence electrons. The standard InChI is InChI=1S/C34H34BNO7/c1-42-19-24-17-28-32(34(39)36(33(28)38)26-9-5-8-25(18-26)35(40)41)29-20-43-30(31(24)29)15-12-23(22-6-3-2-4-7-22)16-21-10-13-27(37)14-11-21/h2-11,13-14,16,18,28-30,32,37,40-41H,12,15,17,19-20H2,1H3/b23-16-/t28-,29+,30-,32-/m1/s1. The molecule has 0 saturated carbocycles. The highest BCUT2D eigenvalue weighted by Gasteiger charge is 2.57. The quantitative estimate of drug-likeness (QED) is 0.154. The van der Waals surface area contributed by atoms with Crippen LogP contribution in [0.2, 0.25) is 0 Å². The lowest BCUT2D eigenvalue weighted by Crippen LogP contribution is -2.36. The van der Waals surface area contributed by atoms with Crippen LogP contribution in [0.4, 0.5) is 5.69 Å². The van der Waals surface area contributed by atoms with Crippen molar-refractivity contribution >= 4 is 41.7 Å². The van der Waals surface area contributed by atoms with E-state index in [0.717, 1.165) is 34.3 Å². The minimum Gasteiger partial charge on any atom is -0.508 e. The summed E-state index contributed by atoms with van der Waals surface area (Å²) in [5.41, 5.74) is 5.85. The summed E-state index contributed by atoms with van der Waals surface area (Å²) < 4.78 is 12.0. The second-order valence-electron chi connectivity index (χ2n) is 11.4. The normalized spacial score (nSPS) is 23.5. The monoisotopic (exact) mass is 579 g/mol. The lowest BCUT2D eigenvalue weighted by Gasteiger charge is -2.31. The van der Waals surface area contributed by atoms with Crippen molar-refractivity contribution in [3.8, 4) is 5.75 Å². The van der Waals surface area contributed by atoms with Crippen molar-refractivity contribution in [3.05, 3.63) is 101 Å². The molecule has 0 spiro atoms. The summed E-state index contributed by atoms with van der Waals surface area (Å²) in [5.74, 6) is -1.64. The van der Waals surface area contributed by atoms with Crippen LogP contribution in [0.25, 0.3) is 11.6 Å². The molecular weight excluding hydrogens is 545 g/mol. The molecule has 2 saturated heterocycles. The van der Waals surface area contributed by atoms with Gasteiger partial charge >= 0.3 is 7.12 Å². The molecule has 3 aromatic rings. The minimum atomic E-state index is -1.70. The lowest BCUT2D eigenvalue weighted by molar-refractivity contribution is -0.122. The van der Waals surface area contributed by atoms with Gasteiger partial charge in [0.1, 0.15) is 5.75 Å². The van der Waals surface area contributed by atoms with E-state index in [1.807, 2.05) is 30.3 Å². The summed E-state index contributed by atoms with van der Waals surface area (Å²) in [6.45, 7) is 0.705. The van der Waals surface area contributed by atoms with Crippen LogP contribution in [0.3, 0.4) is 0 Å². The number of nitrogens with zero attached hydrogens (tertiary/aromatic N) is 1.